The number of urea groups is 1. The van der Waals surface area contributed by atoms with Gasteiger partial charge in [0, 0.05) is 18.3 Å². The van der Waals surface area contributed by atoms with E-state index in [0.717, 1.165) is 40.3 Å². The second kappa shape index (κ2) is 9.49. The number of aromatic amines is 1. The molecule has 0 bridgehead atoms. The number of thioether (sulfide) groups is 1. The van der Waals surface area contributed by atoms with Crippen molar-refractivity contribution in [2.45, 2.75) is 19.0 Å². The van der Waals surface area contributed by atoms with Crippen LogP contribution in [-0.4, -0.2) is 37.8 Å². The zero-order chi connectivity index (χ0) is 20.8. The highest BCUT2D eigenvalue weighted by atomic mass is 32.2. The highest BCUT2D eigenvalue weighted by molar-refractivity contribution is 7.98. The van der Waals surface area contributed by atoms with Gasteiger partial charge in [-0.15, -0.1) is 0 Å². The van der Waals surface area contributed by atoms with Gasteiger partial charge in [-0.1, -0.05) is 30.3 Å². The summed E-state index contributed by atoms with van der Waals surface area (Å²) in [6.07, 6.45) is 6.53. The molecule has 0 aliphatic carbocycles. The molecular weight excluding hydrogens is 396 g/mol. The van der Waals surface area contributed by atoms with E-state index >= 15 is 0 Å². The molecule has 0 spiro atoms. The molecule has 0 saturated carbocycles. The third kappa shape index (κ3) is 4.83. The molecular formula is C22H24N6OS. The number of carbonyl (C=O) groups excluding carboxylic acids is 1. The van der Waals surface area contributed by atoms with E-state index in [1.165, 1.54) is 0 Å². The van der Waals surface area contributed by atoms with Gasteiger partial charge >= 0.3 is 6.03 Å². The second-order valence-corrected chi connectivity index (χ2v) is 7.91. The molecule has 3 N–H and O–H groups in total. The maximum atomic E-state index is 12.6. The summed E-state index contributed by atoms with van der Waals surface area (Å²) in [4.78, 5) is 20.5. The number of benzene rings is 2. The molecule has 7 nitrogen and oxygen atoms in total. The van der Waals surface area contributed by atoms with Crippen LogP contribution in [-0.2, 0) is 6.54 Å². The van der Waals surface area contributed by atoms with Crippen LogP contribution < -0.4 is 10.6 Å². The van der Waals surface area contributed by atoms with Gasteiger partial charge < -0.3 is 15.6 Å². The number of amides is 2. The molecule has 2 aromatic heterocycles. The van der Waals surface area contributed by atoms with Crippen LogP contribution in [0, 0.1) is 0 Å². The summed E-state index contributed by atoms with van der Waals surface area (Å²) in [6.45, 7) is 0.397. The molecule has 0 aliphatic rings. The number of hydrogen-bond acceptors (Lipinski definition) is 4. The summed E-state index contributed by atoms with van der Waals surface area (Å²) < 4.78 is 1.80. The highest BCUT2D eigenvalue weighted by Gasteiger charge is 2.18. The lowest BCUT2D eigenvalue weighted by molar-refractivity contribution is 0.236. The molecule has 4 aromatic rings. The second-order valence-electron chi connectivity index (χ2n) is 6.93. The Bertz CT molecular complexity index is 1070. The van der Waals surface area contributed by atoms with E-state index in [4.69, 9.17) is 0 Å². The topological polar surface area (TPSA) is 87.6 Å². The molecule has 2 aromatic carbocycles. The van der Waals surface area contributed by atoms with Crippen molar-refractivity contribution in [2.75, 3.05) is 12.0 Å². The van der Waals surface area contributed by atoms with E-state index in [0.29, 0.717) is 6.54 Å². The monoisotopic (exact) mass is 420 g/mol. The molecule has 0 unspecified atom stereocenters. The van der Waals surface area contributed by atoms with Crippen molar-refractivity contribution in [3.63, 3.8) is 0 Å². The van der Waals surface area contributed by atoms with Crippen LogP contribution in [0.4, 0.5) is 4.79 Å². The Labute approximate surface area is 179 Å². The molecule has 154 valence electrons. The van der Waals surface area contributed by atoms with Gasteiger partial charge in [0.2, 0.25) is 0 Å². The van der Waals surface area contributed by atoms with Gasteiger partial charge in [-0.05, 0) is 42.7 Å². The van der Waals surface area contributed by atoms with Crippen LogP contribution in [0.2, 0.25) is 0 Å². The van der Waals surface area contributed by atoms with Crippen molar-refractivity contribution in [3.05, 3.63) is 78.4 Å². The molecule has 2 amide bonds. The normalized spacial score (nSPS) is 12.0. The van der Waals surface area contributed by atoms with Crippen LogP contribution in [0.15, 0.2) is 67.0 Å². The fourth-order valence-electron chi connectivity index (χ4n) is 3.22. The minimum Gasteiger partial charge on any atom is -0.340 e. The Morgan fingerprint density at radius 1 is 1.17 bits per heavy atom. The van der Waals surface area contributed by atoms with E-state index in [2.05, 4.69) is 32.0 Å². The molecule has 0 aliphatic heterocycles. The number of aromatic nitrogens is 4. The smallest absolute Gasteiger partial charge is 0.315 e. The first kappa shape index (κ1) is 20.0. The summed E-state index contributed by atoms with van der Waals surface area (Å²) in [5.41, 5.74) is 3.78. The molecule has 8 heteroatoms. The zero-order valence-electron chi connectivity index (χ0n) is 16.7. The largest absolute Gasteiger partial charge is 0.340 e. The average Bonchev–Trinajstić information content (AvgIpc) is 3.43. The van der Waals surface area contributed by atoms with Crippen LogP contribution in [0.5, 0.6) is 0 Å². The van der Waals surface area contributed by atoms with Crippen LogP contribution in [0.3, 0.4) is 0 Å². The number of fused-ring (bicyclic) bond motifs is 1. The summed E-state index contributed by atoms with van der Waals surface area (Å²) >= 11 is 1.75. The standard InChI is InChI=1S/C22H24N6OS/c1-30-12-11-20(21-25-18-9-5-6-10-19(18)26-21)27-22(29)23-13-16-14-24-28(15-16)17-7-3-2-4-8-17/h2-10,14-15,20H,11-13H2,1H3,(H,25,26)(H2,23,27,29)/t20-/m0/s1. The minimum absolute atomic E-state index is 0.183. The van der Waals surface area contributed by atoms with Gasteiger partial charge in [-0.3, -0.25) is 0 Å². The van der Waals surface area contributed by atoms with Crippen LogP contribution in [0.1, 0.15) is 23.9 Å². The number of nitrogens with one attached hydrogen (secondary N) is 3. The third-order valence-corrected chi connectivity index (χ3v) is 5.41. The maximum absolute atomic E-state index is 12.6. The zero-order valence-corrected chi connectivity index (χ0v) is 17.5. The fraction of sp³-hybridized carbons (Fsp3) is 0.227. The van der Waals surface area contributed by atoms with Gasteiger partial charge in [-0.2, -0.15) is 16.9 Å². The number of rotatable bonds is 8. The van der Waals surface area contributed by atoms with E-state index in [1.54, 1.807) is 22.6 Å². The summed E-state index contributed by atoms with van der Waals surface area (Å²) in [5.74, 6) is 1.70. The molecule has 30 heavy (non-hydrogen) atoms. The molecule has 0 fully saturated rings. The number of H-pyrrole nitrogens is 1. The SMILES string of the molecule is CSCC[C@H](NC(=O)NCc1cnn(-c2ccccc2)c1)c1nc2ccccc2[nH]1. The number of nitrogens with zero attached hydrogens (tertiary/aromatic N) is 3. The van der Waals surface area contributed by atoms with Crippen molar-refractivity contribution >= 4 is 28.8 Å². The van der Waals surface area contributed by atoms with Gasteiger partial charge in [-0.25, -0.2) is 14.5 Å². The lowest BCUT2D eigenvalue weighted by Crippen LogP contribution is -2.38. The fourth-order valence-corrected chi connectivity index (χ4v) is 3.69. The number of para-hydroxylation sites is 3. The van der Waals surface area contributed by atoms with Crippen molar-refractivity contribution < 1.29 is 4.79 Å². The van der Waals surface area contributed by atoms with Crippen molar-refractivity contribution in [3.8, 4) is 5.69 Å². The van der Waals surface area contributed by atoms with Gasteiger partial charge in [0.25, 0.3) is 0 Å². The molecule has 2 heterocycles. The Balaban J connectivity index is 1.38. The average molecular weight is 421 g/mol. The van der Waals surface area contributed by atoms with E-state index in [1.807, 2.05) is 60.8 Å². The predicted octanol–water partition coefficient (Wildman–Crippen LogP) is 4.04. The van der Waals surface area contributed by atoms with Crippen LogP contribution >= 0.6 is 11.8 Å². The van der Waals surface area contributed by atoms with Gasteiger partial charge in [0.15, 0.2) is 0 Å². The minimum atomic E-state index is -0.228. The first-order valence-corrected chi connectivity index (χ1v) is 11.2. The predicted molar refractivity (Wildman–Crippen MR) is 121 cm³/mol. The van der Waals surface area contributed by atoms with E-state index < -0.39 is 0 Å². The molecule has 0 radical (unpaired) electrons. The number of imidazole rings is 1. The molecule has 1 atom stereocenters. The highest BCUT2D eigenvalue weighted by Crippen LogP contribution is 2.20. The summed E-state index contributed by atoms with van der Waals surface area (Å²) in [5, 5.41) is 10.3. The molecule has 4 rings (SSSR count). The molecule has 0 saturated heterocycles. The van der Waals surface area contributed by atoms with Crippen molar-refractivity contribution in [1.82, 2.24) is 30.4 Å². The van der Waals surface area contributed by atoms with Gasteiger partial charge in [0.1, 0.15) is 5.82 Å². The lowest BCUT2D eigenvalue weighted by atomic mass is 10.2. The lowest BCUT2D eigenvalue weighted by Gasteiger charge is -2.16. The first-order chi connectivity index (χ1) is 14.7. The van der Waals surface area contributed by atoms with E-state index in [9.17, 15) is 4.79 Å². The first-order valence-electron chi connectivity index (χ1n) is 9.80. The Morgan fingerprint density at radius 3 is 2.77 bits per heavy atom. The van der Waals surface area contributed by atoms with Gasteiger partial charge in [0.05, 0.1) is 29.0 Å². The Morgan fingerprint density at radius 2 is 1.97 bits per heavy atom. The summed E-state index contributed by atoms with van der Waals surface area (Å²) in [6, 6.07) is 17.3. The van der Waals surface area contributed by atoms with E-state index in [-0.39, 0.29) is 12.1 Å². The third-order valence-electron chi connectivity index (χ3n) is 4.76. The van der Waals surface area contributed by atoms with Crippen molar-refractivity contribution in [1.29, 1.82) is 0 Å². The Hall–Kier alpha value is -3.26. The Kier molecular flexibility index (Phi) is 6.34. The number of hydrogen-bond donors (Lipinski definition) is 3. The van der Waals surface area contributed by atoms with Crippen LogP contribution in [0.25, 0.3) is 16.7 Å². The summed E-state index contributed by atoms with van der Waals surface area (Å²) in [7, 11) is 0. The maximum Gasteiger partial charge on any atom is 0.315 e. The quantitative estimate of drug-likeness (QED) is 0.401. The van der Waals surface area contributed by atoms with Crippen molar-refractivity contribution in [2.24, 2.45) is 0 Å². The number of carbonyl (C=O) groups is 1.